The average molecular weight is 223 g/mol. The van der Waals surface area contributed by atoms with Gasteiger partial charge in [-0.15, -0.1) is 0 Å². The molecule has 0 aromatic carbocycles. The lowest BCUT2D eigenvalue weighted by atomic mass is 10.2. The first-order chi connectivity index (χ1) is 7.52. The van der Waals surface area contributed by atoms with Crippen molar-refractivity contribution in [2.45, 2.75) is 19.6 Å². The van der Waals surface area contributed by atoms with E-state index in [1.165, 1.54) is 0 Å². The summed E-state index contributed by atoms with van der Waals surface area (Å²) in [5.74, 6) is 0. The largest absolute Gasteiger partial charge is 0.376 e. The zero-order chi connectivity index (χ0) is 12.6. The quantitative estimate of drug-likeness (QED) is 0.665. The standard InChI is InChI=1S/C12H21N3O/c1-6-14-11(10(2)15(4)5)8-7-9-12(16)13-3/h7-8,12,16H,2-3,6,9H2,1,4-5H3/b8-7+,14-11-. The summed E-state index contributed by atoms with van der Waals surface area (Å²) in [4.78, 5) is 9.73. The predicted molar refractivity (Wildman–Crippen MR) is 70.1 cm³/mol. The maximum atomic E-state index is 9.20. The van der Waals surface area contributed by atoms with E-state index in [1.807, 2.05) is 38.1 Å². The summed E-state index contributed by atoms with van der Waals surface area (Å²) in [6, 6.07) is 0. The number of hydrogen-bond acceptors (Lipinski definition) is 4. The number of aliphatic hydroxyl groups excluding tert-OH is 1. The van der Waals surface area contributed by atoms with Crippen molar-refractivity contribution in [2.24, 2.45) is 9.98 Å². The number of nitrogens with zero attached hydrogens (tertiary/aromatic N) is 3. The molecule has 0 aromatic heterocycles. The van der Waals surface area contributed by atoms with Crippen molar-refractivity contribution < 1.29 is 5.11 Å². The van der Waals surface area contributed by atoms with Gasteiger partial charge in [-0.05, 0) is 19.7 Å². The summed E-state index contributed by atoms with van der Waals surface area (Å²) in [5.41, 5.74) is 1.67. The minimum absolute atomic E-state index is 0.437. The molecule has 4 heteroatoms. The average Bonchev–Trinajstić information content (AvgIpc) is 2.26. The van der Waals surface area contributed by atoms with E-state index in [1.54, 1.807) is 0 Å². The predicted octanol–water partition coefficient (Wildman–Crippen LogP) is 1.49. The molecule has 0 amide bonds. The molecule has 0 bridgehead atoms. The molecule has 0 rings (SSSR count). The highest BCUT2D eigenvalue weighted by atomic mass is 16.3. The van der Waals surface area contributed by atoms with Gasteiger partial charge in [0.2, 0.25) is 0 Å². The van der Waals surface area contributed by atoms with Gasteiger partial charge in [-0.3, -0.25) is 9.98 Å². The Morgan fingerprint density at radius 2 is 2.12 bits per heavy atom. The Bertz CT molecular complexity index is 293. The van der Waals surface area contributed by atoms with Crippen LogP contribution in [0.4, 0.5) is 0 Å². The van der Waals surface area contributed by atoms with Crippen LogP contribution < -0.4 is 0 Å². The molecule has 16 heavy (non-hydrogen) atoms. The van der Waals surface area contributed by atoms with Crippen LogP contribution in [0.25, 0.3) is 0 Å². The molecular weight excluding hydrogens is 202 g/mol. The van der Waals surface area contributed by atoms with Gasteiger partial charge in [-0.25, -0.2) is 0 Å². The lowest BCUT2D eigenvalue weighted by Gasteiger charge is -2.15. The SMILES string of the molecule is C=NC(O)C/C=C/C(=N/CC)C(=C)N(C)C. The highest BCUT2D eigenvalue weighted by Crippen LogP contribution is 2.03. The molecule has 0 heterocycles. The third-order valence-electron chi connectivity index (χ3n) is 2.00. The van der Waals surface area contributed by atoms with Crippen LogP contribution in [0, 0.1) is 0 Å². The fourth-order valence-electron chi connectivity index (χ4n) is 1.02. The molecule has 4 nitrogen and oxygen atoms in total. The van der Waals surface area contributed by atoms with Crippen LogP contribution in [0.1, 0.15) is 13.3 Å². The fourth-order valence-corrected chi connectivity index (χ4v) is 1.02. The molecule has 0 saturated heterocycles. The first kappa shape index (κ1) is 14.6. The summed E-state index contributed by atoms with van der Waals surface area (Å²) in [7, 11) is 3.84. The van der Waals surface area contributed by atoms with E-state index in [4.69, 9.17) is 0 Å². The second-order valence-corrected chi connectivity index (χ2v) is 3.50. The minimum Gasteiger partial charge on any atom is -0.376 e. The van der Waals surface area contributed by atoms with Crippen LogP contribution in [-0.2, 0) is 0 Å². The molecule has 0 aromatic rings. The van der Waals surface area contributed by atoms with E-state index >= 15 is 0 Å². The maximum Gasteiger partial charge on any atom is 0.147 e. The highest BCUT2D eigenvalue weighted by Gasteiger charge is 2.02. The van der Waals surface area contributed by atoms with Gasteiger partial charge in [0.1, 0.15) is 6.23 Å². The van der Waals surface area contributed by atoms with Gasteiger partial charge >= 0.3 is 0 Å². The number of allylic oxidation sites excluding steroid dienone is 1. The second-order valence-electron chi connectivity index (χ2n) is 3.50. The number of aliphatic imine (C=N–C) groups is 2. The summed E-state index contributed by atoms with van der Waals surface area (Å²) < 4.78 is 0. The summed E-state index contributed by atoms with van der Waals surface area (Å²) in [6.07, 6.45) is 3.36. The molecule has 1 atom stereocenters. The monoisotopic (exact) mass is 223 g/mol. The lowest BCUT2D eigenvalue weighted by molar-refractivity contribution is 0.189. The van der Waals surface area contributed by atoms with Gasteiger partial charge in [-0.2, -0.15) is 0 Å². The van der Waals surface area contributed by atoms with Gasteiger partial charge in [-0.1, -0.05) is 12.7 Å². The van der Waals surface area contributed by atoms with Crippen molar-refractivity contribution in [3.63, 3.8) is 0 Å². The zero-order valence-corrected chi connectivity index (χ0v) is 10.3. The van der Waals surface area contributed by atoms with Crippen molar-refractivity contribution in [1.29, 1.82) is 0 Å². The van der Waals surface area contributed by atoms with Crippen molar-refractivity contribution in [2.75, 3.05) is 20.6 Å². The van der Waals surface area contributed by atoms with E-state index in [0.717, 1.165) is 11.4 Å². The molecule has 0 spiro atoms. The van der Waals surface area contributed by atoms with Crippen LogP contribution in [0.2, 0.25) is 0 Å². The third-order valence-corrected chi connectivity index (χ3v) is 2.00. The topological polar surface area (TPSA) is 48.2 Å². The fraction of sp³-hybridized carbons (Fsp3) is 0.500. The Kier molecular flexibility index (Phi) is 7.12. The summed E-state index contributed by atoms with van der Waals surface area (Å²) in [5, 5.41) is 9.20. The van der Waals surface area contributed by atoms with Crippen LogP contribution in [0.5, 0.6) is 0 Å². The molecule has 0 fully saturated rings. The number of rotatable bonds is 7. The van der Waals surface area contributed by atoms with E-state index in [9.17, 15) is 5.11 Å². The van der Waals surface area contributed by atoms with E-state index in [0.29, 0.717) is 13.0 Å². The Morgan fingerprint density at radius 1 is 1.50 bits per heavy atom. The number of hydrogen-bond donors (Lipinski definition) is 1. The van der Waals surface area contributed by atoms with E-state index < -0.39 is 6.23 Å². The Labute approximate surface area is 97.7 Å². The van der Waals surface area contributed by atoms with E-state index in [-0.39, 0.29) is 0 Å². The van der Waals surface area contributed by atoms with E-state index in [2.05, 4.69) is 23.3 Å². The molecule has 1 N–H and O–H groups in total. The number of aliphatic hydroxyl groups is 1. The molecule has 0 aliphatic heterocycles. The first-order valence-corrected chi connectivity index (χ1v) is 5.24. The Morgan fingerprint density at radius 3 is 2.56 bits per heavy atom. The van der Waals surface area contributed by atoms with Crippen LogP contribution in [0.15, 0.2) is 34.4 Å². The van der Waals surface area contributed by atoms with Crippen molar-refractivity contribution in [3.05, 3.63) is 24.4 Å². The lowest BCUT2D eigenvalue weighted by Crippen LogP contribution is -2.17. The van der Waals surface area contributed by atoms with Gasteiger partial charge in [0.15, 0.2) is 0 Å². The smallest absolute Gasteiger partial charge is 0.147 e. The van der Waals surface area contributed by atoms with Crippen LogP contribution in [-0.4, -0.2) is 49.3 Å². The molecule has 0 saturated carbocycles. The second kappa shape index (κ2) is 7.82. The summed E-state index contributed by atoms with van der Waals surface area (Å²) in [6.45, 7) is 9.88. The van der Waals surface area contributed by atoms with Crippen LogP contribution >= 0.6 is 0 Å². The zero-order valence-electron chi connectivity index (χ0n) is 10.3. The van der Waals surface area contributed by atoms with Crippen molar-refractivity contribution in [3.8, 4) is 0 Å². The first-order valence-electron chi connectivity index (χ1n) is 5.24. The van der Waals surface area contributed by atoms with Gasteiger partial charge in [0.05, 0.1) is 11.4 Å². The highest BCUT2D eigenvalue weighted by molar-refractivity contribution is 6.07. The molecule has 1 unspecified atom stereocenters. The van der Waals surface area contributed by atoms with Crippen molar-refractivity contribution in [1.82, 2.24) is 4.90 Å². The Balaban J connectivity index is 4.52. The molecule has 0 radical (unpaired) electrons. The molecular formula is C12H21N3O. The van der Waals surface area contributed by atoms with Crippen LogP contribution in [0.3, 0.4) is 0 Å². The normalized spacial score (nSPS) is 13.9. The maximum absolute atomic E-state index is 9.20. The summed E-state index contributed by atoms with van der Waals surface area (Å²) >= 11 is 0. The molecule has 0 aliphatic rings. The Hall–Kier alpha value is -1.42. The molecule has 0 aliphatic carbocycles. The van der Waals surface area contributed by atoms with Gasteiger partial charge in [0.25, 0.3) is 0 Å². The van der Waals surface area contributed by atoms with Gasteiger partial charge < -0.3 is 10.0 Å². The third kappa shape index (κ3) is 5.46. The van der Waals surface area contributed by atoms with Gasteiger partial charge in [0, 0.05) is 27.1 Å². The van der Waals surface area contributed by atoms with Crippen molar-refractivity contribution >= 4 is 12.4 Å². The minimum atomic E-state index is -0.744. The molecule has 90 valence electrons.